The summed E-state index contributed by atoms with van der Waals surface area (Å²) in [6, 6.07) is 26.0. The topological polar surface area (TPSA) is 58.6 Å². The van der Waals surface area contributed by atoms with Gasteiger partial charge in [0, 0.05) is 35.3 Å². The lowest BCUT2D eigenvalue weighted by atomic mass is 9.94. The molecule has 2 heterocycles. The van der Waals surface area contributed by atoms with Gasteiger partial charge in [-0.2, -0.15) is 0 Å². The van der Waals surface area contributed by atoms with Crippen molar-refractivity contribution in [3.8, 4) is 16.9 Å². The molecule has 2 aliphatic heterocycles. The van der Waals surface area contributed by atoms with E-state index in [1.54, 1.807) is 0 Å². The minimum atomic E-state index is -0.210. The number of amides is 2. The number of rotatable bonds is 6. The largest absolute Gasteiger partial charge is 0.493 e. The third kappa shape index (κ3) is 3.93. The lowest BCUT2D eigenvalue weighted by Gasteiger charge is -2.27. The number of nitrogens with zero attached hydrogens (tertiary/aromatic N) is 1. The number of ether oxygens (including phenoxy) is 1. The summed E-state index contributed by atoms with van der Waals surface area (Å²) in [5.41, 5.74) is 5.79. The van der Waals surface area contributed by atoms with Crippen LogP contribution in [0.1, 0.15) is 39.1 Å². The molecule has 4 aromatic carbocycles. The molecule has 174 valence electrons. The predicted molar refractivity (Wildman–Crippen MR) is 138 cm³/mol. The van der Waals surface area contributed by atoms with Gasteiger partial charge in [0.25, 0.3) is 11.8 Å². The first kappa shape index (κ1) is 21.4. The maximum absolute atomic E-state index is 13.0. The van der Waals surface area contributed by atoms with Crippen LogP contribution >= 0.6 is 0 Å². The van der Waals surface area contributed by atoms with E-state index in [9.17, 15) is 9.59 Å². The van der Waals surface area contributed by atoms with Crippen molar-refractivity contribution >= 4 is 28.3 Å². The van der Waals surface area contributed by atoms with Gasteiger partial charge in [-0.15, -0.1) is 0 Å². The van der Waals surface area contributed by atoms with Crippen molar-refractivity contribution < 1.29 is 14.3 Å². The summed E-state index contributed by atoms with van der Waals surface area (Å²) < 4.78 is 5.81. The number of hydrogen-bond acceptors (Lipinski definition) is 4. The van der Waals surface area contributed by atoms with Gasteiger partial charge in [0.2, 0.25) is 0 Å². The number of nitrogens with one attached hydrogen (secondary N) is 1. The molecule has 0 unspecified atom stereocenters. The van der Waals surface area contributed by atoms with Crippen LogP contribution in [0.25, 0.3) is 21.9 Å². The molecule has 1 N–H and O–H groups in total. The van der Waals surface area contributed by atoms with Gasteiger partial charge in [-0.3, -0.25) is 14.5 Å². The fourth-order valence-electron chi connectivity index (χ4n) is 5.05. The molecule has 5 nitrogen and oxygen atoms in total. The first-order chi connectivity index (χ1) is 17.2. The van der Waals surface area contributed by atoms with Gasteiger partial charge >= 0.3 is 0 Å². The van der Waals surface area contributed by atoms with Gasteiger partial charge in [0.15, 0.2) is 0 Å². The zero-order valence-electron chi connectivity index (χ0n) is 19.4. The first-order valence-corrected chi connectivity index (χ1v) is 12.2. The molecule has 6 rings (SSSR count). The van der Waals surface area contributed by atoms with Crippen molar-refractivity contribution in [3.63, 3.8) is 0 Å². The second kappa shape index (κ2) is 8.91. The quantitative estimate of drug-likeness (QED) is 0.285. The highest BCUT2D eigenvalue weighted by molar-refractivity contribution is 6.25. The Bertz CT molecular complexity index is 1390. The number of aryl methyl sites for hydroxylation is 1. The number of carbonyl (C=O) groups is 2. The molecule has 0 spiro atoms. The Morgan fingerprint density at radius 2 is 1.54 bits per heavy atom. The highest BCUT2D eigenvalue weighted by Gasteiger charge is 2.32. The highest BCUT2D eigenvalue weighted by Crippen LogP contribution is 2.32. The van der Waals surface area contributed by atoms with Crippen LogP contribution in [0.15, 0.2) is 78.9 Å². The van der Waals surface area contributed by atoms with Gasteiger partial charge in [-0.1, -0.05) is 48.5 Å². The van der Waals surface area contributed by atoms with Crippen molar-refractivity contribution in [1.29, 1.82) is 0 Å². The molecule has 0 radical (unpaired) electrons. The molecule has 0 saturated carbocycles. The van der Waals surface area contributed by atoms with E-state index in [1.807, 2.05) is 36.4 Å². The maximum Gasteiger partial charge on any atom is 0.261 e. The number of hydrogen-bond donors (Lipinski definition) is 1. The monoisotopic (exact) mass is 462 g/mol. The minimum absolute atomic E-state index is 0.210. The number of anilines is 1. The van der Waals surface area contributed by atoms with Crippen LogP contribution < -0.4 is 10.1 Å². The summed E-state index contributed by atoms with van der Waals surface area (Å²) >= 11 is 0. The van der Waals surface area contributed by atoms with Crippen LogP contribution in [0.2, 0.25) is 0 Å². The van der Waals surface area contributed by atoms with Crippen LogP contribution in [-0.2, 0) is 6.42 Å². The van der Waals surface area contributed by atoms with Crippen LogP contribution in [0, 0.1) is 0 Å². The van der Waals surface area contributed by atoms with E-state index in [4.69, 9.17) is 4.74 Å². The van der Waals surface area contributed by atoms with Crippen molar-refractivity contribution in [3.05, 3.63) is 95.6 Å². The van der Waals surface area contributed by atoms with Gasteiger partial charge < -0.3 is 10.1 Å². The second-order valence-corrected chi connectivity index (χ2v) is 9.10. The molecule has 0 aromatic heterocycles. The molecular formula is C30H26N2O3. The van der Waals surface area contributed by atoms with Crippen LogP contribution in [0.3, 0.4) is 0 Å². The summed E-state index contributed by atoms with van der Waals surface area (Å²) in [6.45, 7) is 1.83. The SMILES string of the molecule is O=C1c2cccc3cccc(c23)C(=O)N1CCCNc1ccc(-c2ccc3c(c2)OCCC3)cc1. The Morgan fingerprint density at radius 1 is 0.829 bits per heavy atom. The fraction of sp³-hybridized carbons (Fsp3) is 0.200. The number of carbonyl (C=O) groups excluding carboxylic acids is 2. The molecule has 2 amide bonds. The summed E-state index contributed by atoms with van der Waals surface area (Å²) in [5, 5.41) is 5.10. The molecule has 0 atom stereocenters. The Labute approximate surface area is 204 Å². The van der Waals surface area contributed by atoms with Crippen LogP contribution in [-0.4, -0.2) is 36.4 Å². The zero-order valence-corrected chi connectivity index (χ0v) is 19.4. The standard InChI is InChI=1S/C30H26N2O3/c33-29-25-8-1-5-22-6-2-9-26(28(22)25)30(34)32(29)17-4-16-31-24-14-12-20(13-15-24)23-11-10-21-7-3-18-35-27(21)19-23/h1-2,5-6,8-15,19,31H,3-4,7,16-18H2. The second-order valence-electron chi connectivity index (χ2n) is 9.10. The Hall–Kier alpha value is -4.12. The van der Waals surface area contributed by atoms with Crippen LogP contribution in [0.5, 0.6) is 5.75 Å². The molecule has 0 bridgehead atoms. The van der Waals surface area contributed by atoms with E-state index < -0.39 is 0 Å². The molecule has 0 fully saturated rings. The molecule has 2 aliphatic rings. The molecule has 0 saturated heterocycles. The van der Waals surface area contributed by atoms with Crippen molar-refractivity contribution in [2.45, 2.75) is 19.3 Å². The summed E-state index contributed by atoms with van der Waals surface area (Å²) in [5.74, 6) is 0.576. The third-order valence-corrected chi connectivity index (χ3v) is 6.88. The zero-order chi connectivity index (χ0) is 23.8. The molecular weight excluding hydrogens is 436 g/mol. The number of imide groups is 1. The summed E-state index contributed by atoms with van der Waals surface area (Å²) in [6.07, 6.45) is 2.82. The molecule has 5 heteroatoms. The Balaban J connectivity index is 1.08. The van der Waals surface area contributed by atoms with Gasteiger partial charge in [-0.05, 0) is 71.7 Å². The highest BCUT2D eigenvalue weighted by atomic mass is 16.5. The van der Waals surface area contributed by atoms with E-state index in [0.29, 0.717) is 30.6 Å². The average molecular weight is 463 g/mol. The van der Waals surface area contributed by atoms with E-state index >= 15 is 0 Å². The van der Waals surface area contributed by atoms with Crippen LogP contribution in [0.4, 0.5) is 5.69 Å². The van der Waals surface area contributed by atoms with Gasteiger partial charge in [0.05, 0.1) is 6.61 Å². The molecule has 0 aliphatic carbocycles. The van der Waals surface area contributed by atoms with Gasteiger partial charge in [-0.25, -0.2) is 0 Å². The minimum Gasteiger partial charge on any atom is -0.493 e. The lowest BCUT2D eigenvalue weighted by Crippen LogP contribution is -2.41. The van der Waals surface area contributed by atoms with Gasteiger partial charge in [0.1, 0.15) is 5.75 Å². The van der Waals surface area contributed by atoms with Crippen molar-refractivity contribution in [2.75, 3.05) is 25.0 Å². The fourth-order valence-corrected chi connectivity index (χ4v) is 5.05. The number of benzene rings is 4. The van der Waals surface area contributed by atoms with E-state index in [0.717, 1.165) is 52.8 Å². The van der Waals surface area contributed by atoms with E-state index in [-0.39, 0.29) is 11.8 Å². The Kier molecular flexibility index (Phi) is 5.45. The maximum atomic E-state index is 13.0. The molecule has 35 heavy (non-hydrogen) atoms. The average Bonchev–Trinajstić information content (AvgIpc) is 2.91. The third-order valence-electron chi connectivity index (χ3n) is 6.88. The van der Waals surface area contributed by atoms with Crippen molar-refractivity contribution in [1.82, 2.24) is 4.90 Å². The lowest BCUT2D eigenvalue weighted by molar-refractivity contribution is 0.0610. The van der Waals surface area contributed by atoms with E-state index in [1.165, 1.54) is 10.5 Å². The smallest absolute Gasteiger partial charge is 0.261 e. The normalized spacial score (nSPS) is 14.6. The van der Waals surface area contributed by atoms with E-state index in [2.05, 4.69) is 47.8 Å². The summed E-state index contributed by atoms with van der Waals surface area (Å²) in [4.78, 5) is 27.4. The van der Waals surface area contributed by atoms with Crippen molar-refractivity contribution in [2.24, 2.45) is 0 Å². The number of fused-ring (bicyclic) bond motifs is 1. The molecule has 4 aromatic rings. The first-order valence-electron chi connectivity index (χ1n) is 12.2. The summed E-state index contributed by atoms with van der Waals surface area (Å²) in [7, 11) is 0. The predicted octanol–water partition coefficient (Wildman–Crippen LogP) is 5.93. The Morgan fingerprint density at radius 3 is 2.29 bits per heavy atom.